The van der Waals surface area contributed by atoms with Crippen molar-refractivity contribution in [3.05, 3.63) is 0 Å². The van der Waals surface area contributed by atoms with Gasteiger partial charge in [0.25, 0.3) is 0 Å². The van der Waals surface area contributed by atoms with Crippen molar-refractivity contribution in [3.63, 3.8) is 0 Å². The van der Waals surface area contributed by atoms with Crippen molar-refractivity contribution in [1.29, 1.82) is 0 Å². The van der Waals surface area contributed by atoms with Gasteiger partial charge in [-0.3, -0.25) is 10.1 Å². The van der Waals surface area contributed by atoms with Gasteiger partial charge in [-0.05, 0) is 38.0 Å². The second-order valence-corrected chi connectivity index (χ2v) is 6.10. The van der Waals surface area contributed by atoms with Crippen LogP contribution in [-0.2, 0) is 14.3 Å². The lowest BCUT2D eigenvalue weighted by molar-refractivity contribution is -0.148. The van der Waals surface area contributed by atoms with Gasteiger partial charge in [0.2, 0.25) is 0 Å². The molecule has 3 aliphatic rings. The van der Waals surface area contributed by atoms with Crippen LogP contribution in [0, 0.1) is 5.92 Å². The fourth-order valence-corrected chi connectivity index (χ4v) is 3.28. The standard InChI is InChI=1S/C14H23NO4/c16-13(17)14(15-11-3-4-11)6-1-2-10(14)5-7-19-12-8-18-9-12/h10-12,15H,1-9H2,(H,16,17). The molecule has 0 amide bonds. The average Bonchev–Trinajstić information content (AvgIpc) is 3.02. The molecule has 2 aliphatic carbocycles. The van der Waals surface area contributed by atoms with Crippen LogP contribution >= 0.6 is 0 Å². The van der Waals surface area contributed by atoms with Crippen molar-refractivity contribution >= 4 is 5.97 Å². The van der Waals surface area contributed by atoms with Gasteiger partial charge >= 0.3 is 5.97 Å². The molecule has 5 nitrogen and oxygen atoms in total. The third-order valence-electron chi connectivity index (χ3n) is 4.67. The maximum atomic E-state index is 11.7. The SMILES string of the molecule is O=C(O)C1(NC2CC2)CCCC1CCOC1COC1. The molecule has 1 heterocycles. The van der Waals surface area contributed by atoms with Crippen LogP contribution in [0.2, 0.25) is 0 Å². The van der Waals surface area contributed by atoms with E-state index in [4.69, 9.17) is 9.47 Å². The Hall–Kier alpha value is -0.650. The molecule has 2 atom stereocenters. The first-order valence-electron chi connectivity index (χ1n) is 7.41. The van der Waals surface area contributed by atoms with Gasteiger partial charge < -0.3 is 14.6 Å². The van der Waals surface area contributed by atoms with E-state index < -0.39 is 11.5 Å². The third-order valence-corrected chi connectivity index (χ3v) is 4.67. The molecule has 19 heavy (non-hydrogen) atoms. The van der Waals surface area contributed by atoms with Gasteiger partial charge in [0.15, 0.2) is 0 Å². The van der Waals surface area contributed by atoms with E-state index in [0.29, 0.717) is 25.9 Å². The Bertz CT molecular complexity index is 340. The van der Waals surface area contributed by atoms with E-state index in [1.807, 2.05) is 0 Å². The van der Waals surface area contributed by atoms with Crippen LogP contribution in [-0.4, -0.2) is 48.6 Å². The Labute approximate surface area is 113 Å². The minimum Gasteiger partial charge on any atom is -0.480 e. The number of carboxylic acids is 1. The Morgan fingerprint density at radius 2 is 2.16 bits per heavy atom. The fourth-order valence-electron chi connectivity index (χ4n) is 3.28. The number of hydrogen-bond donors (Lipinski definition) is 2. The van der Waals surface area contributed by atoms with Gasteiger partial charge in [-0.15, -0.1) is 0 Å². The highest BCUT2D eigenvalue weighted by Crippen LogP contribution is 2.40. The van der Waals surface area contributed by atoms with Crippen molar-refractivity contribution in [3.8, 4) is 0 Å². The molecular weight excluding hydrogens is 246 g/mol. The van der Waals surface area contributed by atoms with Gasteiger partial charge in [-0.1, -0.05) is 6.42 Å². The molecule has 3 rings (SSSR count). The number of carbonyl (C=O) groups is 1. The molecule has 1 saturated heterocycles. The Kier molecular flexibility index (Phi) is 3.78. The van der Waals surface area contributed by atoms with Gasteiger partial charge in [-0.25, -0.2) is 0 Å². The van der Waals surface area contributed by atoms with Crippen LogP contribution in [0.3, 0.4) is 0 Å². The van der Waals surface area contributed by atoms with Crippen LogP contribution in [0.4, 0.5) is 0 Å². The van der Waals surface area contributed by atoms with Gasteiger partial charge in [0, 0.05) is 12.6 Å². The van der Waals surface area contributed by atoms with Crippen molar-refractivity contribution in [2.24, 2.45) is 5.92 Å². The minimum absolute atomic E-state index is 0.201. The number of aliphatic carboxylic acids is 1. The Morgan fingerprint density at radius 3 is 2.74 bits per heavy atom. The maximum absolute atomic E-state index is 11.7. The summed E-state index contributed by atoms with van der Waals surface area (Å²) in [6, 6.07) is 0.428. The highest BCUT2D eigenvalue weighted by Gasteiger charge is 2.51. The second kappa shape index (κ2) is 5.38. The summed E-state index contributed by atoms with van der Waals surface area (Å²) >= 11 is 0. The van der Waals surface area contributed by atoms with Crippen molar-refractivity contribution in [2.45, 2.75) is 56.2 Å². The van der Waals surface area contributed by atoms with Crippen molar-refractivity contribution < 1.29 is 19.4 Å². The molecule has 2 unspecified atom stereocenters. The number of carboxylic acid groups (broad SMARTS) is 1. The van der Waals surface area contributed by atoms with Crippen LogP contribution in [0.5, 0.6) is 0 Å². The first kappa shape index (κ1) is 13.3. The predicted molar refractivity (Wildman–Crippen MR) is 69.0 cm³/mol. The van der Waals surface area contributed by atoms with Crippen LogP contribution in [0.15, 0.2) is 0 Å². The number of hydrogen-bond acceptors (Lipinski definition) is 4. The minimum atomic E-state index is -0.694. The van der Waals surface area contributed by atoms with Crippen molar-refractivity contribution in [2.75, 3.05) is 19.8 Å². The van der Waals surface area contributed by atoms with Gasteiger partial charge in [0.1, 0.15) is 11.6 Å². The average molecular weight is 269 g/mol. The smallest absolute Gasteiger partial charge is 0.324 e. The molecule has 108 valence electrons. The zero-order valence-corrected chi connectivity index (χ0v) is 11.3. The summed E-state index contributed by atoms with van der Waals surface area (Å²) in [4.78, 5) is 11.7. The van der Waals surface area contributed by atoms with Gasteiger partial charge in [-0.2, -0.15) is 0 Å². The summed E-state index contributed by atoms with van der Waals surface area (Å²) in [5.74, 6) is -0.472. The first-order chi connectivity index (χ1) is 9.21. The second-order valence-electron chi connectivity index (χ2n) is 6.10. The topological polar surface area (TPSA) is 67.8 Å². The molecule has 2 saturated carbocycles. The molecule has 0 aromatic rings. The summed E-state index contributed by atoms with van der Waals surface area (Å²) in [6.45, 7) is 2.03. The largest absolute Gasteiger partial charge is 0.480 e. The number of rotatable bonds is 7. The van der Waals surface area contributed by atoms with E-state index in [1.54, 1.807) is 0 Å². The van der Waals surface area contributed by atoms with Crippen molar-refractivity contribution in [1.82, 2.24) is 5.32 Å². The summed E-state index contributed by atoms with van der Waals surface area (Å²) in [5, 5.41) is 13.1. The predicted octanol–water partition coefficient (Wildman–Crippen LogP) is 1.17. The van der Waals surface area contributed by atoms with Gasteiger partial charge in [0.05, 0.1) is 13.2 Å². The van der Waals surface area contributed by atoms with E-state index in [2.05, 4.69) is 5.32 Å². The fraction of sp³-hybridized carbons (Fsp3) is 0.929. The van der Waals surface area contributed by atoms with E-state index in [9.17, 15) is 9.90 Å². The summed E-state index contributed by atoms with van der Waals surface area (Å²) < 4.78 is 10.8. The number of ether oxygens (including phenoxy) is 2. The molecular formula is C14H23NO4. The molecule has 0 spiro atoms. The molecule has 3 fully saturated rings. The highest BCUT2D eigenvalue weighted by molar-refractivity contribution is 5.80. The summed E-state index contributed by atoms with van der Waals surface area (Å²) in [7, 11) is 0. The zero-order valence-electron chi connectivity index (χ0n) is 11.3. The maximum Gasteiger partial charge on any atom is 0.324 e. The van der Waals surface area contributed by atoms with Crippen LogP contribution in [0.1, 0.15) is 38.5 Å². The molecule has 0 aromatic heterocycles. The molecule has 5 heteroatoms. The molecule has 0 bridgehead atoms. The summed E-state index contributed by atoms with van der Waals surface area (Å²) in [5.41, 5.74) is -0.694. The van der Waals surface area contributed by atoms with Crippen LogP contribution < -0.4 is 5.32 Å². The van der Waals surface area contributed by atoms with E-state index in [-0.39, 0.29) is 12.0 Å². The Morgan fingerprint density at radius 1 is 1.37 bits per heavy atom. The molecule has 1 aliphatic heterocycles. The van der Waals surface area contributed by atoms with E-state index in [0.717, 1.165) is 38.5 Å². The summed E-state index contributed by atoms with van der Waals surface area (Å²) in [6.07, 6.45) is 6.07. The van der Waals surface area contributed by atoms with Crippen LogP contribution in [0.25, 0.3) is 0 Å². The molecule has 0 aromatic carbocycles. The molecule has 0 radical (unpaired) electrons. The quantitative estimate of drug-likeness (QED) is 0.726. The molecule has 2 N–H and O–H groups in total. The monoisotopic (exact) mass is 269 g/mol. The third kappa shape index (κ3) is 2.78. The lowest BCUT2D eigenvalue weighted by atomic mass is 9.84. The normalized spacial score (nSPS) is 35.3. The zero-order chi connectivity index (χ0) is 13.3. The van der Waals surface area contributed by atoms with E-state index in [1.165, 1.54) is 0 Å². The highest BCUT2D eigenvalue weighted by atomic mass is 16.6. The Balaban J connectivity index is 1.55. The van der Waals surface area contributed by atoms with E-state index >= 15 is 0 Å². The lowest BCUT2D eigenvalue weighted by Gasteiger charge is -2.33. The first-order valence-corrected chi connectivity index (χ1v) is 7.41. The lowest BCUT2D eigenvalue weighted by Crippen LogP contribution is -2.56. The number of nitrogens with one attached hydrogen (secondary N) is 1.